The van der Waals surface area contributed by atoms with Gasteiger partial charge in [0, 0.05) is 125 Å². The number of carbonyl (C=O) groups is 3. The number of esters is 1. The van der Waals surface area contributed by atoms with Crippen LogP contribution in [0.15, 0.2) is 151 Å². The summed E-state index contributed by atoms with van der Waals surface area (Å²) in [4.78, 5) is 90.4. The fourth-order valence-electron chi connectivity index (χ4n) is 8.17. The summed E-state index contributed by atoms with van der Waals surface area (Å²) < 4.78 is 50.6. The number of hydrogen-bond donors (Lipinski definition) is 8. The van der Waals surface area contributed by atoms with Crippen LogP contribution < -0.4 is 73.1 Å². The van der Waals surface area contributed by atoms with E-state index in [1.54, 1.807) is 144 Å². The van der Waals surface area contributed by atoms with Gasteiger partial charge < -0.3 is 42.3 Å². The van der Waals surface area contributed by atoms with Crippen LogP contribution in [-0.4, -0.2) is 84.8 Å². The molecule has 1 aliphatic heterocycles. The molecule has 0 amide bonds. The minimum absolute atomic E-state index is 0. The topological polar surface area (TPSA) is 355 Å². The van der Waals surface area contributed by atoms with Crippen LogP contribution in [-0.2, 0) is 47.2 Å². The van der Waals surface area contributed by atoms with Gasteiger partial charge in [-0.2, -0.15) is 58.4 Å². The predicted octanol–water partition coefficient (Wildman–Crippen LogP) is 12.9. The number of nitrogens with one attached hydrogen (secondary N) is 5. The molecule has 3 radical (unpaired) electrons. The minimum Gasteiger partial charge on any atom is -1.00 e. The van der Waals surface area contributed by atoms with Crippen molar-refractivity contribution in [3.63, 3.8) is 0 Å². The number of aldehydes is 1. The summed E-state index contributed by atoms with van der Waals surface area (Å²) in [5.41, 5.74) is 16.1. The van der Waals surface area contributed by atoms with Gasteiger partial charge in [-0.15, -0.1) is 12.4 Å². The number of anilines is 1. The number of H-pyrrole nitrogens is 4. The molecule has 5 aromatic carbocycles. The SMILES string of the molecule is C.CC(=N[S@@](=O)C(C)(C)C)c1cc2cc(Cl)ccc2[nH]c1=O.CC(=O)c1cc2cc(Cl)ccc2[nH]c1=O.CC(C)(C)[S@@](N)=O.CC1=CC(=O)OC(C)(C)O1.C[C@H](N)c1cc2cc(Cl)ccc2[nH]c1=O.C[C@H](N[S@@](=O)C(C)(C)C)c1cc2cc(Cl)ccc2[nH]c1=O.Cl.Nc1ccc(Cl)cc1C=O.S.S.S.S.[B].[H-].[Na+]. The number of fused-ring (bicyclic) bond motifs is 4. The number of allylic oxidation sites excluding steroid dienone is 1. The Morgan fingerprint density at radius 1 is 0.579 bits per heavy atom. The Bertz CT molecular complexity index is 4890. The molecule has 585 valence electrons. The van der Waals surface area contributed by atoms with Crippen LogP contribution in [0.2, 0.25) is 25.1 Å². The van der Waals surface area contributed by atoms with E-state index in [1.165, 1.54) is 19.1 Å². The quantitative estimate of drug-likeness (QED) is 0.0175. The van der Waals surface area contributed by atoms with Gasteiger partial charge in [0.15, 0.2) is 12.1 Å². The van der Waals surface area contributed by atoms with Gasteiger partial charge in [0.05, 0.1) is 59.1 Å². The van der Waals surface area contributed by atoms with Gasteiger partial charge in [0.2, 0.25) is 5.79 Å². The number of nitrogens with two attached hydrogens (primary N) is 3. The average molecular weight is 1740 g/mol. The third-order valence-electron chi connectivity index (χ3n) is 13.4. The molecule has 10 rings (SSSR count). The Morgan fingerprint density at radius 3 is 1.26 bits per heavy atom. The number of carbonyl (C=O) groups excluding carboxylic acids is 3. The molecule has 5 heterocycles. The molecule has 107 heavy (non-hydrogen) atoms. The van der Waals surface area contributed by atoms with Crippen LogP contribution in [0.5, 0.6) is 0 Å². The van der Waals surface area contributed by atoms with Crippen LogP contribution in [0.25, 0.3) is 43.6 Å². The number of benzene rings is 5. The zero-order valence-electron chi connectivity index (χ0n) is 62.5. The third kappa shape index (κ3) is 36.1. The number of nitrogens with zero attached hydrogens (tertiary/aromatic N) is 1. The smallest absolute Gasteiger partial charge is 1.00 e. The first-order chi connectivity index (χ1) is 45.7. The molecule has 11 N–H and O–H groups in total. The second-order valence-corrected chi connectivity index (χ2v) is 33.5. The number of Topliss-reactive ketones (excluding diaryl/α,β-unsaturated/α-hetero) is 1. The Morgan fingerprint density at radius 2 is 0.925 bits per heavy atom. The van der Waals surface area contributed by atoms with Crippen LogP contribution >= 0.6 is 124 Å². The van der Waals surface area contributed by atoms with Crippen LogP contribution in [0.4, 0.5) is 5.69 Å². The van der Waals surface area contributed by atoms with E-state index in [1.807, 2.05) is 69.2 Å². The van der Waals surface area contributed by atoms with E-state index < -0.39 is 43.5 Å². The summed E-state index contributed by atoms with van der Waals surface area (Å²) in [6.07, 6.45) is 2.01. The van der Waals surface area contributed by atoms with Gasteiger partial charge in [-0.3, -0.25) is 33.9 Å². The molecular formula is C71H96BCl6N9NaO12S7. The second kappa shape index (κ2) is 48.9. The van der Waals surface area contributed by atoms with Crippen molar-refractivity contribution in [2.45, 2.75) is 150 Å². The molecule has 0 fully saturated rings. The van der Waals surface area contributed by atoms with E-state index >= 15 is 0 Å². The van der Waals surface area contributed by atoms with Crippen molar-refractivity contribution >= 4 is 239 Å². The van der Waals surface area contributed by atoms with E-state index in [2.05, 4.69) is 29.1 Å². The molecule has 4 aromatic heterocycles. The predicted molar refractivity (Wildman–Crippen MR) is 471 cm³/mol. The Hall–Kier alpha value is -4.71. The normalized spacial score (nSPS) is 13.2. The van der Waals surface area contributed by atoms with Crippen LogP contribution in [0.1, 0.15) is 169 Å². The van der Waals surface area contributed by atoms with E-state index in [9.17, 15) is 46.2 Å². The maximum absolute atomic E-state index is 12.2. The fourth-order valence-corrected chi connectivity index (χ4v) is 10.5. The number of cyclic esters (lactones) is 1. The molecule has 0 spiro atoms. The number of ether oxygens (including phenoxy) is 2. The molecule has 36 heteroatoms. The molecule has 0 unspecified atom stereocenters. The Balaban J connectivity index is -0.000000284. The Kier molecular flexibility index (Phi) is 50.7. The first-order valence-electron chi connectivity index (χ1n) is 30.2. The molecule has 5 atom stereocenters. The summed E-state index contributed by atoms with van der Waals surface area (Å²) in [6, 6.07) is 32.0. The second-order valence-electron chi connectivity index (χ2n) is 25.6. The van der Waals surface area contributed by atoms with Crippen molar-refractivity contribution in [2.75, 3.05) is 5.73 Å². The van der Waals surface area contributed by atoms with Gasteiger partial charge in [-0.1, -0.05) is 65.4 Å². The van der Waals surface area contributed by atoms with Gasteiger partial charge in [0.1, 0.15) is 16.7 Å². The molecular weight excluding hydrogens is 1640 g/mol. The van der Waals surface area contributed by atoms with E-state index in [0.717, 1.165) is 32.6 Å². The number of nitrogen functional groups attached to an aromatic ring is 1. The summed E-state index contributed by atoms with van der Waals surface area (Å²) in [5, 5.41) is 11.3. The Labute approximate surface area is 716 Å². The molecule has 0 saturated heterocycles. The maximum Gasteiger partial charge on any atom is 1.00 e. The summed E-state index contributed by atoms with van der Waals surface area (Å²) >= 11 is 29.2. The van der Waals surface area contributed by atoms with Gasteiger partial charge >= 0.3 is 35.5 Å². The van der Waals surface area contributed by atoms with Crippen molar-refractivity contribution in [3.8, 4) is 0 Å². The molecule has 0 aliphatic carbocycles. The molecule has 9 aromatic rings. The van der Waals surface area contributed by atoms with Gasteiger partial charge in [-0.05, 0) is 212 Å². The first kappa shape index (κ1) is 111. The van der Waals surface area contributed by atoms with Crippen LogP contribution in [0, 0.1) is 0 Å². The van der Waals surface area contributed by atoms with Gasteiger partial charge in [0.25, 0.3) is 22.2 Å². The summed E-state index contributed by atoms with van der Waals surface area (Å²) in [5.74, 6) is -0.788. The van der Waals surface area contributed by atoms with E-state index in [0.29, 0.717) is 81.8 Å². The van der Waals surface area contributed by atoms with E-state index in [-0.39, 0.29) is 174 Å². The maximum atomic E-state index is 12.2. The standard InChI is InChI=1S/C15H19ClN2O2S.C15H17ClN2O2S.C11H11ClN2O.C11H8ClNO2.C7H6ClNO.C7H10O3.C4H11NOS.CH4.B.ClH.Na.4H2S.H/c2*1-9(18-21(20)15(2,3)4)12-8-10-7-11(16)5-6-13(10)17-14(12)19;1-6(13)9-5-7-4-8(12)2-3-10(7)14-11(9)15;1-6(14)9-5-7-4-8(12)2-3-10(7)13-11(9)15;8-6-1-2-7(9)5(3-6)4-10;1-5-4-6(8)10-7(2,3)9-5;1-4(2,3)7(5)6;;;;;;;;;/h5-9,18H,1-4H3,(H,17,19);5-8H,1-4H3,(H,17,19);2-6H,13H2,1H3,(H,14,15);2-5H,1H3,(H,13,15);1-4H,9H2;4H,1-3H3;5H2,1-3H3;1H4;;1H;;4*1H2;/q;;;;;;;;;;+1;;;;;-1/t9-,21-;21-;6-;;;;7-;;;;;;;;;/m000...0........./s1. The fraction of sp³-hybridized carbons (Fsp3) is 0.324. The van der Waals surface area contributed by atoms with Crippen molar-refractivity contribution in [1.29, 1.82) is 0 Å². The number of halogens is 6. The van der Waals surface area contributed by atoms with Gasteiger partial charge in [-0.25, -0.2) is 22.1 Å². The largest absolute Gasteiger partial charge is 1.00 e. The van der Waals surface area contributed by atoms with Crippen LogP contribution in [0.3, 0.4) is 0 Å². The number of ketones is 1. The minimum atomic E-state index is -1.41. The van der Waals surface area contributed by atoms with Crippen molar-refractivity contribution in [3.05, 3.63) is 221 Å². The molecule has 21 nitrogen and oxygen atoms in total. The van der Waals surface area contributed by atoms with Crippen molar-refractivity contribution in [1.82, 2.24) is 24.7 Å². The van der Waals surface area contributed by atoms with E-state index in [4.69, 9.17) is 84.1 Å². The molecule has 0 saturated carbocycles. The number of rotatable bonds is 8. The number of hydrogen-bond acceptors (Lipinski definition) is 14. The zero-order chi connectivity index (χ0) is 75.0. The summed E-state index contributed by atoms with van der Waals surface area (Å²) in [6.45, 7) is 28.4. The first-order valence-corrected chi connectivity index (χ1v) is 35.5. The van der Waals surface area contributed by atoms with Crippen molar-refractivity contribution < 1.29 is 67.5 Å². The number of aromatic amines is 4. The monoisotopic (exact) mass is 1730 g/mol. The average Bonchev–Trinajstić information content (AvgIpc) is 0.800. The number of aromatic nitrogens is 4. The number of pyridine rings is 4. The van der Waals surface area contributed by atoms with Crippen molar-refractivity contribution in [2.24, 2.45) is 15.3 Å². The molecule has 0 bridgehead atoms. The third-order valence-corrected chi connectivity index (χ3v) is 19.0. The summed E-state index contributed by atoms with van der Waals surface area (Å²) in [7, 11) is -3.83. The molecule has 1 aliphatic rings. The zero-order valence-corrected chi connectivity index (χ0v) is 74.5.